The molecule has 0 aliphatic carbocycles. The van der Waals surface area contributed by atoms with E-state index in [0.717, 1.165) is 38.1 Å². The van der Waals surface area contributed by atoms with Crippen molar-refractivity contribution in [3.8, 4) is 0 Å². The highest BCUT2D eigenvalue weighted by Gasteiger charge is 2.28. The number of aliphatic imine (C=N–C) groups is 1. The smallest absolute Gasteiger partial charge is 0.193 e. The zero-order valence-electron chi connectivity index (χ0n) is 15.9. The molecular formula is C19H35N5. The molecule has 0 spiro atoms. The molecule has 2 heterocycles. The van der Waals surface area contributed by atoms with Gasteiger partial charge in [-0.1, -0.05) is 33.6 Å². The maximum atomic E-state index is 4.88. The molecule has 1 aliphatic heterocycles. The summed E-state index contributed by atoms with van der Waals surface area (Å²) < 4.78 is 2.25. The van der Waals surface area contributed by atoms with Crippen LogP contribution in [0.5, 0.6) is 0 Å². The molecule has 5 heteroatoms. The molecule has 2 unspecified atom stereocenters. The van der Waals surface area contributed by atoms with Crippen LogP contribution in [0.3, 0.4) is 0 Å². The van der Waals surface area contributed by atoms with Crippen molar-refractivity contribution in [3.63, 3.8) is 0 Å². The SMILES string of the molecule is CCNC(=NCCCCC(C)C)N1CCC(C)C(n2ccnc2)C1. The molecule has 0 radical (unpaired) electrons. The molecule has 0 aromatic carbocycles. The molecule has 1 aliphatic rings. The van der Waals surface area contributed by atoms with Crippen LogP contribution >= 0.6 is 0 Å². The number of guanidine groups is 1. The molecule has 2 rings (SSSR count). The molecule has 2 atom stereocenters. The zero-order chi connectivity index (χ0) is 17.4. The number of imidazole rings is 1. The van der Waals surface area contributed by atoms with Gasteiger partial charge in [0.05, 0.1) is 12.4 Å². The second kappa shape index (κ2) is 9.70. The molecule has 1 aromatic rings. The van der Waals surface area contributed by atoms with Crippen molar-refractivity contribution >= 4 is 5.96 Å². The predicted octanol–water partition coefficient (Wildman–Crippen LogP) is 3.56. The van der Waals surface area contributed by atoms with Crippen molar-refractivity contribution in [3.05, 3.63) is 18.7 Å². The van der Waals surface area contributed by atoms with Gasteiger partial charge in [-0.25, -0.2) is 4.98 Å². The van der Waals surface area contributed by atoms with Crippen LogP contribution in [0.2, 0.25) is 0 Å². The lowest BCUT2D eigenvalue weighted by Gasteiger charge is -2.39. The summed E-state index contributed by atoms with van der Waals surface area (Å²) in [5.41, 5.74) is 0. The Morgan fingerprint density at radius 3 is 2.88 bits per heavy atom. The predicted molar refractivity (Wildman–Crippen MR) is 101 cm³/mol. The van der Waals surface area contributed by atoms with Crippen molar-refractivity contribution < 1.29 is 0 Å². The van der Waals surface area contributed by atoms with Crippen molar-refractivity contribution in [1.29, 1.82) is 0 Å². The molecule has 1 aromatic heterocycles. The van der Waals surface area contributed by atoms with E-state index in [2.05, 4.69) is 53.7 Å². The summed E-state index contributed by atoms with van der Waals surface area (Å²) in [7, 11) is 0. The topological polar surface area (TPSA) is 45.5 Å². The van der Waals surface area contributed by atoms with Gasteiger partial charge in [-0.2, -0.15) is 0 Å². The number of hydrogen-bond donors (Lipinski definition) is 1. The number of piperidine rings is 1. The van der Waals surface area contributed by atoms with E-state index in [-0.39, 0.29) is 0 Å². The van der Waals surface area contributed by atoms with Gasteiger partial charge in [-0.15, -0.1) is 0 Å². The lowest BCUT2D eigenvalue weighted by atomic mass is 9.93. The molecule has 5 nitrogen and oxygen atoms in total. The average molecular weight is 334 g/mol. The number of hydrogen-bond acceptors (Lipinski definition) is 2. The third-order valence-corrected chi connectivity index (χ3v) is 4.91. The van der Waals surface area contributed by atoms with Crippen LogP contribution in [0.1, 0.15) is 59.4 Å². The maximum absolute atomic E-state index is 4.88. The van der Waals surface area contributed by atoms with Crippen molar-refractivity contribution in [2.45, 2.75) is 59.4 Å². The van der Waals surface area contributed by atoms with Crippen LogP contribution in [-0.4, -0.2) is 46.6 Å². The average Bonchev–Trinajstić information content (AvgIpc) is 3.08. The van der Waals surface area contributed by atoms with E-state index in [4.69, 9.17) is 4.99 Å². The summed E-state index contributed by atoms with van der Waals surface area (Å²) in [4.78, 5) is 11.5. The van der Waals surface area contributed by atoms with Gasteiger partial charge in [0.15, 0.2) is 5.96 Å². The fourth-order valence-corrected chi connectivity index (χ4v) is 3.37. The summed E-state index contributed by atoms with van der Waals surface area (Å²) in [5, 5.41) is 3.48. The van der Waals surface area contributed by atoms with Gasteiger partial charge in [-0.05, 0) is 31.6 Å². The van der Waals surface area contributed by atoms with Gasteiger partial charge in [0.1, 0.15) is 0 Å². The molecular weight excluding hydrogens is 298 g/mol. The quantitative estimate of drug-likeness (QED) is 0.471. The first-order valence-corrected chi connectivity index (χ1v) is 9.62. The van der Waals surface area contributed by atoms with Crippen LogP contribution in [0.4, 0.5) is 0 Å². The van der Waals surface area contributed by atoms with Crippen molar-refractivity contribution in [2.75, 3.05) is 26.2 Å². The minimum atomic E-state index is 0.478. The Hall–Kier alpha value is -1.52. The van der Waals surface area contributed by atoms with Crippen LogP contribution in [0, 0.1) is 11.8 Å². The minimum Gasteiger partial charge on any atom is -0.357 e. The lowest BCUT2D eigenvalue weighted by molar-refractivity contribution is 0.189. The van der Waals surface area contributed by atoms with Crippen molar-refractivity contribution in [2.24, 2.45) is 16.8 Å². The molecule has 1 N–H and O–H groups in total. The fourth-order valence-electron chi connectivity index (χ4n) is 3.37. The highest BCUT2D eigenvalue weighted by Crippen LogP contribution is 2.27. The van der Waals surface area contributed by atoms with Gasteiger partial charge in [-0.3, -0.25) is 4.99 Å². The number of aromatic nitrogens is 2. The molecule has 1 fully saturated rings. The normalized spacial score (nSPS) is 22.2. The maximum Gasteiger partial charge on any atom is 0.193 e. The van der Waals surface area contributed by atoms with E-state index in [1.54, 1.807) is 0 Å². The Bertz CT molecular complexity index is 480. The van der Waals surface area contributed by atoms with Crippen LogP contribution in [-0.2, 0) is 0 Å². The Morgan fingerprint density at radius 2 is 2.21 bits per heavy atom. The Kier molecular flexibility index (Phi) is 7.60. The van der Waals surface area contributed by atoms with Gasteiger partial charge >= 0.3 is 0 Å². The standard InChI is InChI=1S/C19H35N5/c1-5-21-19(22-10-7-6-8-16(2)3)23-12-9-17(4)18(14-23)24-13-11-20-15-24/h11,13,15-18H,5-10,12,14H2,1-4H3,(H,21,22). The molecule has 24 heavy (non-hydrogen) atoms. The van der Waals surface area contributed by atoms with E-state index in [1.165, 1.54) is 25.7 Å². The third kappa shape index (κ3) is 5.53. The zero-order valence-corrected chi connectivity index (χ0v) is 15.9. The third-order valence-electron chi connectivity index (χ3n) is 4.91. The van der Waals surface area contributed by atoms with E-state index in [1.807, 2.05) is 12.5 Å². The largest absolute Gasteiger partial charge is 0.357 e. The molecule has 0 amide bonds. The van der Waals surface area contributed by atoms with E-state index in [9.17, 15) is 0 Å². The fraction of sp³-hybridized carbons (Fsp3) is 0.789. The summed E-state index contributed by atoms with van der Waals surface area (Å²) in [6, 6.07) is 0.478. The van der Waals surface area contributed by atoms with E-state index >= 15 is 0 Å². The summed E-state index contributed by atoms with van der Waals surface area (Å²) in [6.45, 7) is 13.0. The first-order chi connectivity index (χ1) is 11.6. The van der Waals surface area contributed by atoms with E-state index < -0.39 is 0 Å². The van der Waals surface area contributed by atoms with Crippen LogP contribution in [0.25, 0.3) is 0 Å². The van der Waals surface area contributed by atoms with Gasteiger partial charge in [0.2, 0.25) is 0 Å². The molecule has 136 valence electrons. The van der Waals surface area contributed by atoms with Crippen LogP contribution < -0.4 is 5.32 Å². The summed E-state index contributed by atoms with van der Waals surface area (Å²) in [5.74, 6) is 2.55. The Balaban J connectivity index is 1.94. The first-order valence-electron chi connectivity index (χ1n) is 9.62. The highest BCUT2D eigenvalue weighted by molar-refractivity contribution is 5.80. The second-order valence-electron chi connectivity index (χ2n) is 7.41. The molecule has 1 saturated heterocycles. The second-order valence-corrected chi connectivity index (χ2v) is 7.41. The molecule has 0 saturated carbocycles. The number of likely N-dealkylation sites (tertiary alicyclic amines) is 1. The van der Waals surface area contributed by atoms with Gasteiger partial charge in [0.25, 0.3) is 0 Å². The summed E-state index contributed by atoms with van der Waals surface area (Å²) >= 11 is 0. The minimum absolute atomic E-state index is 0.478. The van der Waals surface area contributed by atoms with E-state index in [0.29, 0.717) is 12.0 Å². The van der Waals surface area contributed by atoms with Gasteiger partial charge < -0.3 is 14.8 Å². The number of nitrogens with zero attached hydrogens (tertiary/aromatic N) is 4. The number of unbranched alkanes of at least 4 members (excludes halogenated alkanes) is 1. The van der Waals surface area contributed by atoms with Crippen molar-refractivity contribution in [1.82, 2.24) is 19.8 Å². The highest BCUT2D eigenvalue weighted by atomic mass is 15.3. The number of nitrogens with one attached hydrogen (secondary N) is 1. The molecule has 0 bridgehead atoms. The first kappa shape index (κ1) is 18.8. The van der Waals surface area contributed by atoms with Gasteiger partial charge in [0, 0.05) is 38.6 Å². The lowest BCUT2D eigenvalue weighted by Crippen LogP contribution is -2.49. The Labute approximate surface area is 147 Å². The summed E-state index contributed by atoms with van der Waals surface area (Å²) in [6.07, 6.45) is 10.9. The number of rotatable bonds is 7. The Morgan fingerprint density at radius 1 is 1.38 bits per heavy atom. The van der Waals surface area contributed by atoms with Crippen LogP contribution in [0.15, 0.2) is 23.7 Å². The monoisotopic (exact) mass is 333 g/mol.